The lowest BCUT2D eigenvalue weighted by molar-refractivity contribution is -0.715. The summed E-state index contributed by atoms with van der Waals surface area (Å²) >= 11 is 0. The van der Waals surface area contributed by atoms with Crippen molar-refractivity contribution in [2.24, 2.45) is 0 Å². The quantitative estimate of drug-likeness (QED) is 0.419. The lowest BCUT2D eigenvalue weighted by Gasteiger charge is -1.99. The summed E-state index contributed by atoms with van der Waals surface area (Å²) in [6.45, 7) is 1.78. The van der Waals surface area contributed by atoms with Crippen LogP contribution in [0, 0.1) is 12.1 Å². The van der Waals surface area contributed by atoms with Crippen LogP contribution in [0.4, 0.5) is 0 Å². The molecule has 1 N–H and O–H groups in total. The van der Waals surface area contributed by atoms with Gasteiger partial charge in [-0.2, -0.15) is 0 Å². The van der Waals surface area contributed by atoms with Gasteiger partial charge in [-0.05, 0) is 23.9 Å². The number of benzene rings is 1. The van der Waals surface area contributed by atoms with Crippen molar-refractivity contribution < 1.29 is 10.1 Å². The Morgan fingerprint density at radius 3 is 2.43 bits per heavy atom. The summed E-state index contributed by atoms with van der Waals surface area (Å²) in [6, 6.07) is 9.24. The predicted octanol–water partition coefficient (Wildman–Crippen LogP) is 1.33. The van der Waals surface area contributed by atoms with Crippen LogP contribution >= 0.6 is 0 Å². The minimum atomic E-state index is 0.463. The summed E-state index contributed by atoms with van der Waals surface area (Å²) in [7, 11) is 0. The van der Waals surface area contributed by atoms with Crippen LogP contribution in [0.1, 0.15) is 5.56 Å². The third-order valence-corrected chi connectivity index (χ3v) is 2.11. The van der Waals surface area contributed by atoms with E-state index >= 15 is 0 Å². The van der Waals surface area contributed by atoms with E-state index in [1.54, 1.807) is 6.92 Å². The molecule has 4 nitrogen and oxygen atoms in total. The molecular weight excluding hydrogens is 180 g/mol. The standard InChI is InChI=1S/C10H10N2O2/c1-8-7-11(13)12(14)10(8)9-5-3-2-4-6-9/h2-7,13H,1H3. The maximum atomic E-state index is 11.4. The minimum absolute atomic E-state index is 0.463. The van der Waals surface area contributed by atoms with Crippen molar-refractivity contribution in [2.45, 2.75) is 6.92 Å². The smallest absolute Gasteiger partial charge is 0.257 e. The summed E-state index contributed by atoms with van der Waals surface area (Å²) in [4.78, 5) is 1.00. The highest BCUT2D eigenvalue weighted by molar-refractivity contribution is 5.59. The van der Waals surface area contributed by atoms with Crippen LogP contribution in [-0.2, 0) is 0 Å². The summed E-state index contributed by atoms with van der Waals surface area (Å²) in [6.07, 6.45) is 1.38. The van der Waals surface area contributed by atoms with Gasteiger partial charge in [0, 0.05) is 4.85 Å². The van der Waals surface area contributed by atoms with Crippen LogP contribution in [-0.4, -0.2) is 10.1 Å². The Morgan fingerprint density at radius 1 is 1.29 bits per heavy atom. The topological polar surface area (TPSA) is 52.1 Å². The van der Waals surface area contributed by atoms with Crippen molar-refractivity contribution in [2.75, 3.05) is 0 Å². The van der Waals surface area contributed by atoms with Gasteiger partial charge in [-0.25, -0.2) is 0 Å². The van der Waals surface area contributed by atoms with E-state index in [9.17, 15) is 5.21 Å². The summed E-state index contributed by atoms with van der Waals surface area (Å²) in [5, 5.41) is 20.6. The number of aromatic nitrogens is 2. The Hall–Kier alpha value is -1.97. The normalized spacial score (nSPS) is 10.4. The summed E-state index contributed by atoms with van der Waals surface area (Å²) in [5.74, 6) is 0. The van der Waals surface area contributed by atoms with E-state index in [0.29, 0.717) is 15.4 Å². The largest absolute Gasteiger partial charge is 0.593 e. The van der Waals surface area contributed by atoms with E-state index in [0.717, 1.165) is 11.1 Å². The van der Waals surface area contributed by atoms with Gasteiger partial charge in [0.15, 0.2) is 0 Å². The average molecular weight is 190 g/mol. The van der Waals surface area contributed by atoms with E-state index < -0.39 is 0 Å². The molecule has 0 saturated heterocycles. The Balaban J connectivity index is 2.62. The van der Waals surface area contributed by atoms with Crippen LogP contribution in [0.5, 0.6) is 0 Å². The molecule has 0 aliphatic rings. The predicted molar refractivity (Wildman–Crippen MR) is 50.7 cm³/mol. The maximum Gasteiger partial charge on any atom is 0.257 e. The zero-order valence-electron chi connectivity index (χ0n) is 7.71. The second-order valence-electron chi connectivity index (χ2n) is 3.12. The number of hydrogen-bond acceptors (Lipinski definition) is 2. The first-order chi connectivity index (χ1) is 6.70. The van der Waals surface area contributed by atoms with E-state index in [4.69, 9.17) is 5.21 Å². The molecule has 0 radical (unpaired) electrons. The third kappa shape index (κ3) is 1.21. The highest BCUT2D eigenvalue weighted by Crippen LogP contribution is 2.18. The summed E-state index contributed by atoms with van der Waals surface area (Å²) < 4.78 is 0. The van der Waals surface area contributed by atoms with Gasteiger partial charge in [0.25, 0.3) is 5.69 Å². The first-order valence-corrected chi connectivity index (χ1v) is 4.26. The van der Waals surface area contributed by atoms with Gasteiger partial charge in [0.2, 0.25) is 0 Å². The van der Waals surface area contributed by atoms with Crippen molar-refractivity contribution in [3.05, 3.63) is 47.3 Å². The number of nitrogens with zero attached hydrogens (tertiary/aromatic N) is 2. The lowest BCUT2D eigenvalue weighted by atomic mass is 10.1. The molecule has 14 heavy (non-hydrogen) atoms. The molecule has 0 unspecified atom stereocenters. The highest BCUT2D eigenvalue weighted by atomic mass is 16.6. The number of rotatable bonds is 1. The molecule has 0 bridgehead atoms. The zero-order valence-corrected chi connectivity index (χ0v) is 7.71. The molecule has 4 heteroatoms. The Labute approximate surface area is 81.2 Å². The van der Waals surface area contributed by atoms with Gasteiger partial charge in [-0.15, -0.1) is 0 Å². The van der Waals surface area contributed by atoms with E-state index in [1.807, 2.05) is 30.3 Å². The Morgan fingerprint density at radius 2 is 1.93 bits per heavy atom. The van der Waals surface area contributed by atoms with Crippen molar-refractivity contribution in [3.63, 3.8) is 0 Å². The molecule has 0 amide bonds. The second kappa shape index (κ2) is 3.06. The molecule has 1 aromatic heterocycles. The average Bonchev–Trinajstić information content (AvgIpc) is 2.43. The van der Waals surface area contributed by atoms with Crippen LogP contribution in [0.15, 0.2) is 36.5 Å². The summed E-state index contributed by atoms with van der Waals surface area (Å²) in [5.41, 5.74) is 2.02. The van der Waals surface area contributed by atoms with E-state index in [2.05, 4.69) is 0 Å². The molecule has 0 spiro atoms. The minimum Gasteiger partial charge on any atom is -0.593 e. The van der Waals surface area contributed by atoms with Crippen molar-refractivity contribution in [3.8, 4) is 11.3 Å². The fourth-order valence-electron chi connectivity index (χ4n) is 1.47. The van der Waals surface area contributed by atoms with Gasteiger partial charge in [0.1, 0.15) is 6.20 Å². The molecule has 1 heterocycles. The highest BCUT2D eigenvalue weighted by Gasteiger charge is 2.17. The van der Waals surface area contributed by atoms with Gasteiger partial charge < -0.3 is 10.4 Å². The number of hydrogen-bond donors (Lipinski definition) is 1. The lowest BCUT2D eigenvalue weighted by Crippen LogP contribution is -2.37. The van der Waals surface area contributed by atoms with Gasteiger partial charge in [-0.1, -0.05) is 18.2 Å². The first kappa shape index (κ1) is 8.62. The Kier molecular flexibility index (Phi) is 1.89. The van der Waals surface area contributed by atoms with Crippen LogP contribution in [0.25, 0.3) is 11.3 Å². The van der Waals surface area contributed by atoms with Gasteiger partial charge >= 0.3 is 0 Å². The van der Waals surface area contributed by atoms with Crippen LogP contribution in [0.3, 0.4) is 0 Å². The van der Waals surface area contributed by atoms with E-state index in [1.165, 1.54) is 6.20 Å². The molecule has 2 aromatic rings. The van der Waals surface area contributed by atoms with Gasteiger partial charge in [0.05, 0.1) is 11.1 Å². The van der Waals surface area contributed by atoms with Crippen molar-refractivity contribution in [1.82, 2.24) is 4.85 Å². The molecule has 0 aliphatic heterocycles. The van der Waals surface area contributed by atoms with E-state index in [-0.39, 0.29) is 0 Å². The van der Waals surface area contributed by atoms with Crippen molar-refractivity contribution in [1.29, 1.82) is 0 Å². The third-order valence-electron chi connectivity index (χ3n) is 2.11. The first-order valence-electron chi connectivity index (χ1n) is 4.26. The Bertz CT molecular complexity index is 449. The molecular formula is C10H10N2O2. The van der Waals surface area contributed by atoms with Gasteiger partial charge in [-0.3, -0.25) is 0 Å². The molecule has 2 rings (SSSR count). The fourth-order valence-corrected chi connectivity index (χ4v) is 1.47. The van der Waals surface area contributed by atoms with Crippen LogP contribution in [0.2, 0.25) is 0 Å². The maximum absolute atomic E-state index is 11.4. The molecule has 1 aromatic carbocycles. The fraction of sp³-hybridized carbons (Fsp3) is 0.100. The molecule has 0 aliphatic carbocycles. The zero-order chi connectivity index (χ0) is 10.1. The molecule has 0 saturated carbocycles. The molecule has 0 atom stereocenters. The molecule has 0 fully saturated rings. The second-order valence-corrected chi connectivity index (χ2v) is 3.12. The SMILES string of the molecule is Cc1cn(O)[n+]([O-])c1-c1ccccc1. The molecule has 72 valence electrons. The monoisotopic (exact) mass is 190 g/mol. The van der Waals surface area contributed by atoms with Crippen molar-refractivity contribution >= 4 is 0 Å². The van der Waals surface area contributed by atoms with Crippen LogP contribution < -0.4 is 4.85 Å². The number of aryl methyl sites for hydroxylation is 1.